The molecule has 0 aromatic carbocycles. The zero-order chi connectivity index (χ0) is 13.2. The molecule has 19 heavy (non-hydrogen) atoms. The fourth-order valence-electron chi connectivity index (χ4n) is 3.56. The van der Waals surface area contributed by atoms with E-state index in [1.807, 2.05) is 0 Å². The maximum atomic E-state index is 9.61. The van der Waals surface area contributed by atoms with Crippen molar-refractivity contribution >= 4 is 0 Å². The summed E-state index contributed by atoms with van der Waals surface area (Å²) in [5, 5.41) is 9.61. The summed E-state index contributed by atoms with van der Waals surface area (Å²) >= 11 is 0. The molecule has 0 unspecified atom stereocenters. The first-order valence-corrected chi connectivity index (χ1v) is 7.76. The average molecular weight is 260 g/mol. The highest BCUT2D eigenvalue weighted by molar-refractivity contribution is 5.17. The lowest BCUT2D eigenvalue weighted by Gasteiger charge is -2.25. The molecule has 2 aliphatic carbocycles. The van der Waals surface area contributed by atoms with E-state index in [2.05, 4.69) is 18.0 Å². The van der Waals surface area contributed by atoms with Crippen LogP contribution in [-0.4, -0.2) is 21.2 Å². The highest BCUT2D eigenvalue weighted by Crippen LogP contribution is 2.35. The quantitative estimate of drug-likeness (QED) is 0.885. The van der Waals surface area contributed by atoms with E-state index >= 15 is 0 Å². The van der Waals surface area contributed by atoms with Crippen molar-refractivity contribution in [1.82, 2.24) is 9.97 Å². The highest BCUT2D eigenvalue weighted by atomic mass is 16.3. The second-order valence-electron chi connectivity index (χ2n) is 6.28. The van der Waals surface area contributed by atoms with Crippen LogP contribution >= 0.6 is 0 Å². The van der Waals surface area contributed by atoms with Crippen LogP contribution in [0.3, 0.4) is 0 Å². The van der Waals surface area contributed by atoms with Crippen molar-refractivity contribution in [3.63, 3.8) is 0 Å². The minimum Gasteiger partial charge on any atom is -0.393 e. The zero-order valence-corrected chi connectivity index (χ0v) is 11.8. The van der Waals surface area contributed by atoms with Gasteiger partial charge in [0.05, 0.1) is 6.10 Å². The summed E-state index contributed by atoms with van der Waals surface area (Å²) in [5.74, 6) is 2.16. The first-order valence-electron chi connectivity index (χ1n) is 7.76. The first-order chi connectivity index (χ1) is 9.22. The Morgan fingerprint density at radius 2 is 1.63 bits per heavy atom. The molecule has 1 N–H and O–H groups in total. The van der Waals surface area contributed by atoms with E-state index in [-0.39, 0.29) is 6.10 Å². The Labute approximate surface area is 115 Å². The zero-order valence-electron chi connectivity index (χ0n) is 11.8. The van der Waals surface area contributed by atoms with Gasteiger partial charge in [-0.1, -0.05) is 12.8 Å². The van der Waals surface area contributed by atoms with Gasteiger partial charge in [-0.2, -0.15) is 0 Å². The molecule has 0 saturated heterocycles. The smallest absolute Gasteiger partial charge is 0.131 e. The molecule has 0 spiro atoms. The summed E-state index contributed by atoms with van der Waals surface area (Å²) in [5.41, 5.74) is 2.38. The van der Waals surface area contributed by atoms with E-state index in [1.165, 1.54) is 31.4 Å². The Kier molecular flexibility index (Phi) is 3.83. The molecule has 3 rings (SSSR count). The monoisotopic (exact) mass is 260 g/mol. The first kappa shape index (κ1) is 13.0. The van der Waals surface area contributed by atoms with Crippen molar-refractivity contribution in [3.05, 3.63) is 23.3 Å². The van der Waals surface area contributed by atoms with E-state index < -0.39 is 0 Å². The molecular weight excluding hydrogens is 236 g/mol. The van der Waals surface area contributed by atoms with E-state index in [1.54, 1.807) is 0 Å². The largest absolute Gasteiger partial charge is 0.393 e. The van der Waals surface area contributed by atoms with Crippen LogP contribution in [0.2, 0.25) is 0 Å². The third-order valence-electron chi connectivity index (χ3n) is 4.73. The van der Waals surface area contributed by atoms with Gasteiger partial charge >= 0.3 is 0 Å². The lowest BCUT2D eigenvalue weighted by molar-refractivity contribution is 0.121. The number of aromatic nitrogens is 2. The van der Waals surface area contributed by atoms with Gasteiger partial charge in [0.15, 0.2) is 0 Å². The van der Waals surface area contributed by atoms with Crippen LogP contribution < -0.4 is 0 Å². The summed E-state index contributed by atoms with van der Waals surface area (Å²) in [7, 11) is 0. The molecule has 2 aliphatic rings. The summed E-state index contributed by atoms with van der Waals surface area (Å²) in [4.78, 5) is 9.53. The topological polar surface area (TPSA) is 46.0 Å². The number of nitrogens with zero attached hydrogens (tertiary/aromatic N) is 2. The van der Waals surface area contributed by atoms with E-state index in [4.69, 9.17) is 4.98 Å². The average Bonchev–Trinajstić information content (AvgIpc) is 2.93. The maximum Gasteiger partial charge on any atom is 0.131 e. The molecule has 3 nitrogen and oxygen atoms in total. The standard InChI is InChI=1S/C16H24N2O/c1-11-10-15(12-4-2-3-5-12)18-16(17-11)13-6-8-14(19)9-7-13/h10,12-14,19H,2-9H2,1H3. The van der Waals surface area contributed by atoms with Gasteiger partial charge in [-0.3, -0.25) is 0 Å². The van der Waals surface area contributed by atoms with Gasteiger partial charge in [-0.05, 0) is 51.5 Å². The number of hydrogen-bond donors (Lipinski definition) is 1. The second-order valence-corrected chi connectivity index (χ2v) is 6.28. The summed E-state index contributed by atoms with van der Waals surface area (Å²) in [6.45, 7) is 2.08. The van der Waals surface area contributed by atoms with E-state index in [0.717, 1.165) is 37.2 Å². The molecule has 3 heteroatoms. The van der Waals surface area contributed by atoms with Crippen molar-refractivity contribution < 1.29 is 5.11 Å². The molecule has 0 amide bonds. The van der Waals surface area contributed by atoms with Crippen LogP contribution in [0, 0.1) is 6.92 Å². The van der Waals surface area contributed by atoms with E-state index in [0.29, 0.717) is 11.8 Å². The minimum absolute atomic E-state index is 0.102. The molecule has 0 atom stereocenters. The van der Waals surface area contributed by atoms with Crippen LogP contribution in [0.25, 0.3) is 0 Å². The molecule has 2 fully saturated rings. The Balaban J connectivity index is 1.80. The molecule has 1 heterocycles. The van der Waals surface area contributed by atoms with Crippen LogP contribution in [0.15, 0.2) is 6.07 Å². The molecule has 1 aromatic rings. The molecule has 0 aliphatic heterocycles. The summed E-state index contributed by atoms with van der Waals surface area (Å²) in [6, 6.07) is 2.18. The van der Waals surface area contributed by atoms with Crippen LogP contribution in [0.5, 0.6) is 0 Å². The van der Waals surface area contributed by atoms with Gasteiger partial charge in [0.25, 0.3) is 0 Å². The number of rotatable bonds is 2. The normalized spacial score (nSPS) is 28.7. The van der Waals surface area contributed by atoms with Gasteiger partial charge in [-0.15, -0.1) is 0 Å². The molecule has 104 valence electrons. The van der Waals surface area contributed by atoms with Gasteiger partial charge in [0, 0.05) is 23.2 Å². The van der Waals surface area contributed by atoms with Crippen LogP contribution in [0.4, 0.5) is 0 Å². The van der Waals surface area contributed by atoms with Gasteiger partial charge in [0.2, 0.25) is 0 Å². The van der Waals surface area contributed by atoms with Crippen LogP contribution in [0.1, 0.15) is 80.4 Å². The molecule has 2 saturated carbocycles. The number of aliphatic hydroxyl groups is 1. The van der Waals surface area contributed by atoms with Gasteiger partial charge < -0.3 is 5.11 Å². The SMILES string of the molecule is Cc1cc(C2CCCC2)nc(C2CCC(O)CC2)n1. The van der Waals surface area contributed by atoms with Crippen molar-refractivity contribution in [1.29, 1.82) is 0 Å². The van der Waals surface area contributed by atoms with Crippen molar-refractivity contribution in [2.75, 3.05) is 0 Å². The summed E-state index contributed by atoms with van der Waals surface area (Å²) in [6.07, 6.45) is 9.05. The third-order valence-corrected chi connectivity index (χ3v) is 4.73. The minimum atomic E-state index is -0.102. The highest BCUT2D eigenvalue weighted by Gasteiger charge is 2.25. The fraction of sp³-hybridized carbons (Fsp3) is 0.750. The lowest BCUT2D eigenvalue weighted by atomic mass is 9.86. The Bertz CT molecular complexity index is 432. The molecule has 0 bridgehead atoms. The predicted octanol–water partition coefficient (Wildman–Crippen LogP) is 3.46. The molecular formula is C16H24N2O. The number of aliphatic hydroxyl groups excluding tert-OH is 1. The van der Waals surface area contributed by atoms with Crippen molar-refractivity contribution in [2.24, 2.45) is 0 Å². The maximum absolute atomic E-state index is 9.61. The van der Waals surface area contributed by atoms with Gasteiger partial charge in [0.1, 0.15) is 5.82 Å². The Morgan fingerprint density at radius 1 is 0.947 bits per heavy atom. The Hall–Kier alpha value is -0.960. The predicted molar refractivity (Wildman–Crippen MR) is 75.2 cm³/mol. The number of hydrogen-bond acceptors (Lipinski definition) is 3. The molecule has 0 radical (unpaired) electrons. The van der Waals surface area contributed by atoms with E-state index in [9.17, 15) is 5.11 Å². The number of aryl methyl sites for hydroxylation is 1. The second kappa shape index (κ2) is 5.58. The van der Waals surface area contributed by atoms with Crippen molar-refractivity contribution in [3.8, 4) is 0 Å². The van der Waals surface area contributed by atoms with Gasteiger partial charge in [-0.25, -0.2) is 9.97 Å². The third kappa shape index (κ3) is 2.97. The van der Waals surface area contributed by atoms with Crippen molar-refractivity contribution in [2.45, 2.75) is 76.2 Å². The lowest BCUT2D eigenvalue weighted by Crippen LogP contribution is -2.19. The Morgan fingerprint density at radius 3 is 2.32 bits per heavy atom. The fourth-order valence-corrected chi connectivity index (χ4v) is 3.56. The summed E-state index contributed by atoms with van der Waals surface area (Å²) < 4.78 is 0. The van der Waals surface area contributed by atoms with Crippen LogP contribution in [-0.2, 0) is 0 Å². The molecule has 1 aromatic heterocycles.